The molecule has 0 amide bonds. The van der Waals surface area contributed by atoms with Crippen molar-refractivity contribution in [3.63, 3.8) is 0 Å². The monoisotopic (exact) mass is 525 g/mol. The fourth-order valence-corrected chi connectivity index (χ4v) is 6.26. The minimum absolute atomic E-state index is 0.174. The summed E-state index contributed by atoms with van der Waals surface area (Å²) in [5.41, 5.74) is 11.4. The van der Waals surface area contributed by atoms with Crippen LogP contribution in [0.15, 0.2) is 54.6 Å². The molecule has 0 saturated carbocycles. The molecule has 0 unspecified atom stereocenters. The molecule has 0 aromatic heterocycles. The number of benzene rings is 3. The fourth-order valence-electron chi connectivity index (χ4n) is 6.26. The van der Waals surface area contributed by atoms with Gasteiger partial charge < -0.3 is 10.1 Å². The minimum Gasteiger partial charge on any atom is -0.493 e. The van der Waals surface area contributed by atoms with Gasteiger partial charge >= 0.3 is 0 Å². The SMILES string of the molecule is CCc1cccc(-c2ccc(OCCCCNC(C)C)c(-c3ccc4c(c3)C(C)(C)CCC4(C)C)c2)c1CC. The van der Waals surface area contributed by atoms with Gasteiger partial charge in [0.15, 0.2) is 0 Å². The van der Waals surface area contributed by atoms with Gasteiger partial charge in [-0.15, -0.1) is 0 Å². The lowest BCUT2D eigenvalue weighted by atomic mass is 9.63. The summed E-state index contributed by atoms with van der Waals surface area (Å²) in [6.07, 6.45) is 6.72. The van der Waals surface area contributed by atoms with E-state index in [4.69, 9.17) is 4.74 Å². The van der Waals surface area contributed by atoms with Gasteiger partial charge in [-0.3, -0.25) is 0 Å². The Morgan fingerprint density at radius 3 is 2.15 bits per heavy atom. The van der Waals surface area contributed by atoms with Crippen LogP contribution < -0.4 is 10.1 Å². The first kappa shape index (κ1) is 29.4. The number of ether oxygens (including phenoxy) is 1. The van der Waals surface area contributed by atoms with Crippen LogP contribution >= 0.6 is 0 Å². The molecule has 0 saturated heterocycles. The van der Waals surface area contributed by atoms with Crippen molar-refractivity contribution in [3.05, 3.63) is 76.9 Å². The maximum atomic E-state index is 6.50. The molecule has 1 aliphatic rings. The summed E-state index contributed by atoms with van der Waals surface area (Å²) >= 11 is 0. The Balaban J connectivity index is 1.75. The number of unbranched alkanes of at least 4 members (excludes halogenated alkanes) is 1. The number of hydrogen-bond acceptors (Lipinski definition) is 2. The Hall–Kier alpha value is -2.58. The van der Waals surface area contributed by atoms with E-state index in [0.717, 1.165) is 44.6 Å². The second-order valence-corrected chi connectivity index (χ2v) is 13.1. The largest absolute Gasteiger partial charge is 0.493 e. The Labute approximate surface area is 238 Å². The number of rotatable bonds is 11. The van der Waals surface area contributed by atoms with Gasteiger partial charge in [0.1, 0.15) is 5.75 Å². The van der Waals surface area contributed by atoms with Crippen molar-refractivity contribution in [2.75, 3.05) is 13.2 Å². The van der Waals surface area contributed by atoms with Crippen molar-refractivity contribution >= 4 is 0 Å². The molecule has 2 heteroatoms. The van der Waals surface area contributed by atoms with Crippen LogP contribution in [0.25, 0.3) is 22.3 Å². The fraction of sp³-hybridized carbons (Fsp3) is 0.514. The number of fused-ring (bicyclic) bond motifs is 1. The van der Waals surface area contributed by atoms with Crippen LogP contribution in [-0.4, -0.2) is 19.2 Å². The Morgan fingerprint density at radius 1 is 0.769 bits per heavy atom. The third-order valence-corrected chi connectivity index (χ3v) is 8.84. The molecule has 0 heterocycles. The predicted octanol–water partition coefficient (Wildman–Crippen LogP) is 9.65. The normalized spacial score (nSPS) is 15.8. The highest BCUT2D eigenvalue weighted by molar-refractivity contribution is 5.80. The smallest absolute Gasteiger partial charge is 0.127 e. The van der Waals surface area contributed by atoms with Gasteiger partial charge in [-0.1, -0.05) is 97.9 Å². The second-order valence-electron chi connectivity index (χ2n) is 13.1. The van der Waals surface area contributed by atoms with E-state index in [1.807, 2.05) is 0 Å². The van der Waals surface area contributed by atoms with Gasteiger partial charge in [0, 0.05) is 11.6 Å². The van der Waals surface area contributed by atoms with Crippen molar-refractivity contribution in [2.24, 2.45) is 0 Å². The van der Waals surface area contributed by atoms with Crippen LogP contribution in [0.1, 0.15) is 103 Å². The molecule has 2 nitrogen and oxygen atoms in total. The lowest BCUT2D eigenvalue weighted by molar-refractivity contribution is 0.306. The van der Waals surface area contributed by atoms with Crippen LogP contribution in [0.5, 0.6) is 5.75 Å². The van der Waals surface area contributed by atoms with E-state index in [0.29, 0.717) is 6.04 Å². The van der Waals surface area contributed by atoms with E-state index in [1.165, 1.54) is 57.3 Å². The van der Waals surface area contributed by atoms with Crippen molar-refractivity contribution in [1.82, 2.24) is 5.32 Å². The summed E-state index contributed by atoms with van der Waals surface area (Å²) in [4.78, 5) is 0. The van der Waals surface area contributed by atoms with Gasteiger partial charge in [-0.05, 0) is 107 Å². The second kappa shape index (κ2) is 12.3. The summed E-state index contributed by atoms with van der Waals surface area (Å²) in [5, 5.41) is 3.51. The first-order chi connectivity index (χ1) is 18.6. The maximum Gasteiger partial charge on any atom is 0.127 e. The Kier molecular flexibility index (Phi) is 9.27. The molecule has 3 aromatic carbocycles. The third kappa shape index (κ3) is 6.60. The zero-order valence-corrected chi connectivity index (χ0v) is 25.8. The van der Waals surface area contributed by atoms with Gasteiger partial charge in [-0.25, -0.2) is 0 Å². The molecular formula is C37H51NO. The molecule has 0 fully saturated rings. The zero-order chi connectivity index (χ0) is 28.2. The standard InChI is InChI=1S/C37H51NO/c1-9-27-14-13-15-31(30(27)10-2)28-17-19-35(39-23-12-11-22-38-26(3)4)32(24-28)29-16-18-33-34(25-29)37(7,8)21-20-36(33,5)6/h13-19,24-26,38H,9-12,20-23H2,1-8H3. The molecule has 1 aliphatic carbocycles. The summed E-state index contributed by atoms with van der Waals surface area (Å²) in [5.74, 6) is 0.994. The van der Waals surface area contributed by atoms with E-state index in [1.54, 1.807) is 0 Å². The maximum absolute atomic E-state index is 6.50. The Morgan fingerprint density at radius 2 is 1.46 bits per heavy atom. The highest BCUT2D eigenvalue weighted by Gasteiger charge is 2.37. The van der Waals surface area contributed by atoms with E-state index >= 15 is 0 Å². The molecule has 3 aromatic rings. The predicted molar refractivity (Wildman–Crippen MR) is 169 cm³/mol. The summed E-state index contributed by atoms with van der Waals surface area (Å²) in [6.45, 7) is 20.3. The molecule has 0 radical (unpaired) electrons. The van der Waals surface area contributed by atoms with Crippen molar-refractivity contribution < 1.29 is 4.74 Å². The van der Waals surface area contributed by atoms with Gasteiger partial charge in [-0.2, -0.15) is 0 Å². The van der Waals surface area contributed by atoms with Gasteiger partial charge in [0.25, 0.3) is 0 Å². The first-order valence-electron chi connectivity index (χ1n) is 15.3. The summed E-state index contributed by atoms with van der Waals surface area (Å²) in [7, 11) is 0. The van der Waals surface area contributed by atoms with Crippen molar-refractivity contribution in [1.29, 1.82) is 0 Å². The van der Waals surface area contributed by atoms with E-state index in [2.05, 4.69) is 115 Å². The van der Waals surface area contributed by atoms with E-state index in [9.17, 15) is 0 Å². The molecule has 0 bridgehead atoms. The third-order valence-electron chi connectivity index (χ3n) is 8.84. The van der Waals surface area contributed by atoms with Crippen molar-refractivity contribution in [2.45, 2.75) is 111 Å². The summed E-state index contributed by atoms with van der Waals surface area (Å²) < 4.78 is 6.50. The minimum atomic E-state index is 0.174. The van der Waals surface area contributed by atoms with Crippen LogP contribution in [0.4, 0.5) is 0 Å². The molecule has 1 N–H and O–H groups in total. The van der Waals surface area contributed by atoms with Crippen LogP contribution in [-0.2, 0) is 23.7 Å². The van der Waals surface area contributed by atoms with Gasteiger partial charge in [0.2, 0.25) is 0 Å². The molecule has 210 valence electrons. The molecule has 0 aliphatic heterocycles. The highest BCUT2D eigenvalue weighted by atomic mass is 16.5. The molecule has 39 heavy (non-hydrogen) atoms. The average molecular weight is 526 g/mol. The highest BCUT2D eigenvalue weighted by Crippen LogP contribution is 2.47. The molecular weight excluding hydrogens is 474 g/mol. The van der Waals surface area contributed by atoms with E-state index < -0.39 is 0 Å². The number of aryl methyl sites for hydroxylation is 1. The van der Waals surface area contributed by atoms with E-state index in [-0.39, 0.29) is 10.8 Å². The molecule has 4 rings (SSSR count). The average Bonchev–Trinajstić information content (AvgIpc) is 2.92. The lowest BCUT2D eigenvalue weighted by Crippen LogP contribution is -2.33. The van der Waals surface area contributed by atoms with Crippen molar-refractivity contribution in [3.8, 4) is 28.0 Å². The zero-order valence-electron chi connectivity index (χ0n) is 25.8. The molecule has 0 atom stereocenters. The lowest BCUT2D eigenvalue weighted by Gasteiger charge is -2.42. The van der Waals surface area contributed by atoms with Crippen LogP contribution in [0, 0.1) is 0 Å². The summed E-state index contributed by atoms with van der Waals surface area (Å²) in [6, 6.07) is 21.4. The van der Waals surface area contributed by atoms with Crippen LogP contribution in [0.2, 0.25) is 0 Å². The number of nitrogens with one attached hydrogen (secondary N) is 1. The topological polar surface area (TPSA) is 21.3 Å². The first-order valence-corrected chi connectivity index (χ1v) is 15.3. The molecule has 0 spiro atoms. The Bertz CT molecular complexity index is 1270. The van der Waals surface area contributed by atoms with Gasteiger partial charge in [0.05, 0.1) is 6.61 Å². The number of hydrogen-bond donors (Lipinski definition) is 1. The quantitative estimate of drug-likeness (QED) is 0.252. The van der Waals surface area contributed by atoms with Crippen LogP contribution in [0.3, 0.4) is 0 Å².